The Morgan fingerprint density at radius 3 is 2.95 bits per heavy atom. The molecule has 10 nitrogen and oxygen atoms in total. The van der Waals surface area contributed by atoms with Gasteiger partial charge >= 0.3 is 0 Å². The molecule has 4 aromatic rings. The summed E-state index contributed by atoms with van der Waals surface area (Å²) in [6, 6.07) is 7.34. The molecule has 0 aliphatic carbocycles. The fraction of sp³-hybridized carbons (Fsp3) is 0.423. The Balaban J connectivity index is 1.33. The molecule has 4 aromatic heterocycles. The van der Waals surface area contributed by atoms with Gasteiger partial charge < -0.3 is 19.9 Å². The first-order chi connectivity index (χ1) is 17.9. The molecule has 11 heteroatoms. The molecular formula is C26H29ClN8O2. The van der Waals surface area contributed by atoms with Crippen molar-refractivity contribution in [2.75, 3.05) is 31.1 Å². The van der Waals surface area contributed by atoms with Gasteiger partial charge in [0.25, 0.3) is 5.91 Å². The maximum Gasteiger partial charge on any atom is 0.274 e. The van der Waals surface area contributed by atoms with E-state index < -0.39 is 6.10 Å². The molecule has 0 spiro atoms. The van der Waals surface area contributed by atoms with Crippen LogP contribution in [0, 0.1) is 12.8 Å². The van der Waals surface area contributed by atoms with E-state index in [0.717, 1.165) is 36.3 Å². The quantitative estimate of drug-likeness (QED) is 0.405. The summed E-state index contributed by atoms with van der Waals surface area (Å²) < 4.78 is 3.53. The van der Waals surface area contributed by atoms with Crippen molar-refractivity contribution in [1.29, 1.82) is 0 Å². The lowest BCUT2D eigenvalue weighted by molar-refractivity contribution is 0.0598. The number of aromatic nitrogens is 5. The Labute approximate surface area is 219 Å². The van der Waals surface area contributed by atoms with Crippen LogP contribution in [0.25, 0.3) is 11.3 Å². The zero-order valence-electron chi connectivity index (χ0n) is 20.7. The number of rotatable bonds is 5. The SMILES string of the molecule is C=NCC1CN(c2nc3cc(C4CCCCN4C(=O)c4c(Cl)nc5ccccn45)nn3cc2C)CC1O. The van der Waals surface area contributed by atoms with Crippen molar-refractivity contribution in [3.63, 3.8) is 0 Å². The number of aliphatic hydroxyl groups is 1. The minimum atomic E-state index is -0.461. The summed E-state index contributed by atoms with van der Waals surface area (Å²) in [7, 11) is 0. The first kappa shape index (κ1) is 23.9. The van der Waals surface area contributed by atoms with Crippen LogP contribution in [-0.4, -0.2) is 78.9 Å². The topological polar surface area (TPSA) is 104 Å². The number of nitrogens with zero attached hydrogens (tertiary/aromatic N) is 8. The molecule has 6 rings (SSSR count). The van der Waals surface area contributed by atoms with Gasteiger partial charge in [-0.1, -0.05) is 17.7 Å². The molecule has 1 amide bonds. The third kappa shape index (κ3) is 4.14. The van der Waals surface area contributed by atoms with Gasteiger partial charge in [0.2, 0.25) is 0 Å². The number of β-amino-alcohol motifs (C(OH)–C–C–N with tert-alkyl or cyclic N) is 1. The highest BCUT2D eigenvalue weighted by Crippen LogP contribution is 2.34. The lowest BCUT2D eigenvalue weighted by Crippen LogP contribution is -2.39. The second-order valence-corrected chi connectivity index (χ2v) is 10.3. The number of aliphatic imine (C=N–C) groups is 1. The number of aliphatic hydroxyl groups excluding tert-OH is 1. The Morgan fingerprint density at radius 2 is 2.11 bits per heavy atom. The Hall–Kier alpha value is -3.50. The summed E-state index contributed by atoms with van der Waals surface area (Å²) in [5.41, 5.74) is 3.50. The highest BCUT2D eigenvalue weighted by atomic mass is 35.5. The van der Waals surface area contributed by atoms with Crippen LogP contribution in [0.5, 0.6) is 0 Å². The van der Waals surface area contributed by atoms with Crippen molar-refractivity contribution in [2.45, 2.75) is 38.3 Å². The van der Waals surface area contributed by atoms with Crippen LogP contribution in [0.1, 0.15) is 47.1 Å². The van der Waals surface area contributed by atoms with Crippen molar-refractivity contribution < 1.29 is 9.90 Å². The predicted molar refractivity (Wildman–Crippen MR) is 142 cm³/mol. The number of pyridine rings is 1. The van der Waals surface area contributed by atoms with Gasteiger partial charge in [-0.25, -0.2) is 14.5 Å². The number of amides is 1. The van der Waals surface area contributed by atoms with Crippen molar-refractivity contribution >= 4 is 41.3 Å². The Morgan fingerprint density at radius 1 is 1.24 bits per heavy atom. The van der Waals surface area contributed by atoms with Gasteiger partial charge in [-0.2, -0.15) is 5.10 Å². The molecule has 0 aromatic carbocycles. The van der Waals surface area contributed by atoms with Crippen LogP contribution in [-0.2, 0) is 0 Å². The zero-order chi connectivity index (χ0) is 25.7. The van der Waals surface area contributed by atoms with E-state index in [-0.39, 0.29) is 23.0 Å². The van der Waals surface area contributed by atoms with Gasteiger partial charge in [-0.15, -0.1) is 0 Å². The van der Waals surface area contributed by atoms with E-state index in [0.29, 0.717) is 43.2 Å². The van der Waals surface area contributed by atoms with Crippen LogP contribution in [0.15, 0.2) is 41.7 Å². The highest BCUT2D eigenvalue weighted by molar-refractivity contribution is 6.32. The van der Waals surface area contributed by atoms with Gasteiger partial charge in [0.1, 0.15) is 11.5 Å². The number of aryl methyl sites for hydroxylation is 1. The van der Waals surface area contributed by atoms with Crippen molar-refractivity contribution in [3.05, 3.63) is 58.8 Å². The summed E-state index contributed by atoms with van der Waals surface area (Å²) in [6.07, 6.45) is 6.05. The molecule has 6 heterocycles. The van der Waals surface area contributed by atoms with E-state index in [2.05, 4.69) is 21.6 Å². The van der Waals surface area contributed by atoms with Gasteiger partial charge in [0.05, 0.1) is 17.8 Å². The average Bonchev–Trinajstić information content (AvgIpc) is 3.57. The molecule has 1 N–H and O–H groups in total. The van der Waals surface area contributed by atoms with Crippen LogP contribution in [0.2, 0.25) is 5.15 Å². The summed E-state index contributed by atoms with van der Waals surface area (Å²) in [5.74, 6) is 0.727. The molecule has 192 valence electrons. The first-order valence-corrected chi connectivity index (χ1v) is 13.0. The zero-order valence-corrected chi connectivity index (χ0v) is 21.4. The number of halogens is 1. The predicted octanol–water partition coefficient (Wildman–Crippen LogP) is 3.20. The molecule has 2 aliphatic rings. The summed E-state index contributed by atoms with van der Waals surface area (Å²) >= 11 is 6.44. The highest BCUT2D eigenvalue weighted by Gasteiger charge is 2.35. The smallest absolute Gasteiger partial charge is 0.274 e. The lowest BCUT2D eigenvalue weighted by Gasteiger charge is -2.34. The fourth-order valence-corrected chi connectivity index (χ4v) is 5.91. The molecule has 0 radical (unpaired) electrons. The second kappa shape index (κ2) is 9.42. The number of hydrogen-bond donors (Lipinski definition) is 1. The molecule has 0 saturated carbocycles. The number of anilines is 1. The molecule has 37 heavy (non-hydrogen) atoms. The van der Waals surface area contributed by atoms with Crippen LogP contribution in [0.3, 0.4) is 0 Å². The van der Waals surface area contributed by atoms with E-state index in [9.17, 15) is 9.90 Å². The average molecular weight is 521 g/mol. The standard InChI is InChI=1S/C26H29ClN8O2/c1-16-13-35-22(30-25(16)32-14-17(12-28-2)20(36)15-32)11-18(31-35)19-7-3-5-9-33(19)26(37)23-24(27)29-21-8-4-6-10-34(21)23/h4,6,8,10-11,13,17,19-20,36H,2-3,5,7,9,12,14-15H2,1H3. The van der Waals surface area contributed by atoms with E-state index in [1.54, 1.807) is 8.92 Å². The van der Waals surface area contributed by atoms with Gasteiger partial charge in [0, 0.05) is 56.1 Å². The largest absolute Gasteiger partial charge is 0.391 e. The van der Waals surface area contributed by atoms with E-state index in [1.807, 2.05) is 48.5 Å². The summed E-state index contributed by atoms with van der Waals surface area (Å²) in [4.78, 5) is 31.0. The maximum atomic E-state index is 13.8. The third-order valence-electron chi connectivity index (χ3n) is 7.49. The monoisotopic (exact) mass is 520 g/mol. The minimum absolute atomic E-state index is 0.0451. The summed E-state index contributed by atoms with van der Waals surface area (Å²) in [6.45, 7) is 7.90. The second-order valence-electron chi connectivity index (χ2n) is 9.95. The number of fused-ring (bicyclic) bond motifs is 2. The number of carbonyl (C=O) groups is 1. The van der Waals surface area contributed by atoms with E-state index >= 15 is 0 Å². The van der Waals surface area contributed by atoms with Gasteiger partial charge in [-0.3, -0.25) is 9.20 Å². The van der Waals surface area contributed by atoms with Gasteiger partial charge in [0.15, 0.2) is 16.5 Å². The number of hydrogen-bond acceptors (Lipinski definition) is 7. The molecule has 0 bridgehead atoms. The van der Waals surface area contributed by atoms with Crippen LogP contribution in [0.4, 0.5) is 5.82 Å². The maximum absolute atomic E-state index is 13.8. The lowest BCUT2D eigenvalue weighted by atomic mass is 9.99. The Kier molecular flexibility index (Phi) is 6.08. The molecule has 2 saturated heterocycles. The minimum Gasteiger partial charge on any atom is -0.391 e. The molecule has 3 atom stereocenters. The van der Waals surface area contributed by atoms with Crippen LogP contribution >= 0.6 is 11.6 Å². The van der Waals surface area contributed by atoms with Crippen LogP contribution < -0.4 is 4.90 Å². The molecule has 2 fully saturated rings. The van der Waals surface area contributed by atoms with E-state index in [4.69, 9.17) is 21.7 Å². The normalized spacial score (nSPS) is 22.3. The van der Waals surface area contributed by atoms with E-state index in [1.165, 1.54) is 0 Å². The molecular weight excluding hydrogens is 492 g/mol. The fourth-order valence-electron chi connectivity index (χ4n) is 5.65. The van der Waals surface area contributed by atoms with Gasteiger partial charge in [-0.05, 0) is 45.0 Å². The first-order valence-electron chi connectivity index (χ1n) is 12.6. The van der Waals surface area contributed by atoms with Crippen molar-refractivity contribution in [2.24, 2.45) is 10.9 Å². The molecule has 2 aliphatic heterocycles. The summed E-state index contributed by atoms with van der Waals surface area (Å²) in [5, 5.41) is 15.5. The number of piperidine rings is 1. The Bertz CT molecular complexity index is 1500. The molecule has 3 unspecified atom stereocenters. The third-order valence-corrected chi connectivity index (χ3v) is 7.75. The van der Waals surface area contributed by atoms with Crippen molar-refractivity contribution in [1.82, 2.24) is 28.9 Å². The number of likely N-dealkylation sites (tertiary alicyclic amines) is 1. The number of imidazole rings is 1. The van der Waals surface area contributed by atoms with Crippen molar-refractivity contribution in [3.8, 4) is 0 Å². The number of carbonyl (C=O) groups excluding carboxylic acids is 1.